The van der Waals surface area contributed by atoms with Crippen molar-refractivity contribution in [1.29, 1.82) is 0 Å². The second-order valence-electron chi connectivity index (χ2n) is 9.20. The molecule has 5 heterocycles. The Kier molecular flexibility index (Phi) is 4.86. The van der Waals surface area contributed by atoms with Gasteiger partial charge in [-0.05, 0) is 45.7 Å². The number of rotatable bonds is 6. The molecular weight excluding hydrogens is 427 g/mol. The Labute approximate surface area is 189 Å². The van der Waals surface area contributed by atoms with E-state index in [0.29, 0.717) is 18.1 Å². The number of amides is 1. The number of aromatic nitrogens is 4. The Morgan fingerprint density at radius 2 is 2.15 bits per heavy atom. The van der Waals surface area contributed by atoms with Crippen LogP contribution in [0.1, 0.15) is 45.0 Å². The molecule has 3 fully saturated rings. The lowest BCUT2D eigenvalue weighted by Gasteiger charge is -2.41. The van der Waals surface area contributed by atoms with Crippen molar-refractivity contribution in [1.82, 2.24) is 19.4 Å². The van der Waals surface area contributed by atoms with E-state index in [1.165, 1.54) is 18.3 Å². The van der Waals surface area contributed by atoms with E-state index in [4.69, 9.17) is 20.2 Å². The monoisotopic (exact) mass is 452 g/mol. The van der Waals surface area contributed by atoms with E-state index in [-0.39, 0.29) is 34.3 Å². The summed E-state index contributed by atoms with van der Waals surface area (Å²) in [6.45, 7) is 6.45. The van der Waals surface area contributed by atoms with E-state index in [2.05, 4.69) is 22.2 Å². The number of halogens is 1. The van der Waals surface area contributed by atoms with Crippen LogP contribution in [0.4, 0.5) is 10.1 Å². The number of pyridine rings is 1. The van der Waals surface area contributed by atoms with Crippen LogP contribution in [0, 0.1) is 5.82 Å². The average Bonchev–Trinajstić information content (AvgIpc) is 3.40. The number of imidazole rings is 1. The molecule has 6 rings (SSSR count). The summed E-state index contributed by atoms with van der Waals surface area (Å²) in [5.74, 6) is -0.623. The van der Waals surface area contributed by atoms with E-state index in [9.17, 15) is 9.18 Å². The summed E-state index contributed by atoms with van der Waals surface area (Å²) >= 11 is 0. The normalized spacial score (nSPS) is 24.2. The van der Waals surface area contributed by atoms with Gasteiger partial charge in [0.25, 0.3) is 5.91 Å². The summed E-state index contributed by atoms with van der Waals surface area (Å²) in [5, 5.41) is 2.73. The van der Waals surface area contributed by atoms with Crippen molar-refractivity contribution < 1.29 is 18.7 Å². The van der Waals surface area contributed by atoms with Gasteiger partial charge in [-0.3, -0.25) is 14.2 Å². The fourth-order valence-electron chi connectivity index (χ4n) is 4.75. The third-order valence-corrected chi connectivity index (χ3v) is 6.10. The predicted molar refractivity (Wildman–Crippen MR) is 119 cm³/mol. The number of anilines is 1. The van der Waals surface area contributed by atoms with E-state index < -0.39 is 11.7 Å². The minimum absolute atomic E-state index is 0.0695. The summed E-state index contributed by atoms with van der Waals surface area (Å²) in [4.78, 5) is 26.2. The van der Waals surface area contributed by atoms with Gasteiger partial charge in [0.05, 0.1) is 29.6 Å². The summed E-state index contributed by atoms with van der Waals surface area (Å²) in [6, 6.07) is 2.65. The summed E-state index contributed by atoms with van der Waals surface area (Å²) in [6.07, 6.45) is 7.65. The molecular formula is C23H25FN6O3. The van der Waals surface area contributed by atoms with Crippen LogP contribution in [-0.2, 0) is 14.9 Å². The predicted octanol–water partition coefficient (Wildman–Crippen LogP) is 2.81. The molecule has 3 N–H and O–H groups in total. The quantitative estimate of drug-likeness (QED) is 0.553. The van der Waals surface area contributed by atoms with Gasteiger partial charge < -0.3 is 20.5 Å². The number of fused-ring (bicyclic) bond motifs is 2. The highest BCUT2D eigenvalue weighted by molar-refractivity contribution is 6.24. The van der Waals surface area contributed by atoms with Crippen LogP contribution < -0.4 is 15.8 Å². The van der Waals surface area contributed by atoms with Crippen molar-refractivity contribution in [3.8, 4) is 5.88 Å². The molecule has 3 aromatic rings. The standard InChI is InChI=1S/C23H25FN6O3/c1-13(2)33-20-16(27-19(31)14(7-25)18-15(24)5-4-6-26-18)8-30-9-17(28-21(30)29-20)23-10-22(3,11-23)32-12-23/h4-9,13H,10-12,25H2,1-3H3,(H,27,31)/b14-7+. The molecule has 172 valence electrons. The molecule has 0 unspecified atom stereocenters. The second-order valence-corrected chi connectivity index (χ2v) is 9.20. The van der Waals surface area contributed by atoms with Gasteiger partial charge in [0.15, 0.2) is 0 Å². The van der Waals surface area contributed by atoms with Gasteiger partial charge >= 0.3 is 0 Å². The molecule has 3 aromatic heterocycles. The largest absolute Gasteiger partial charge is 0.473 e. The number of ether oxygens (including phenoxy) is 2. The Morgan fingerprint density at radius 3 is 2.79 bits per heavy atom. The minimum atomic E-state index is -0.652. The van der Waals surface area contributed by atoms with Gasteiger partial charge in [-0.2, -0.15) is 4.98 Å². The summed E-state index contributed by atoms with van der Waals surface area (Å²) < 4.78 is 27.7. The van der Waals surface area contributed by atoms with Gasteiger partial charge in [-0.25, -0.2) is 9.37 Å². The number of carbonyl (C=O) groups is 1. The van der Waals surface area contributed by atoms with Crippen molar-refractivity contribution in [3.63, 3.8) is 0 Å². The van der Waals surface area contributed by atoms with Crippen LogP contribution in [0.3, 0.4) is 0 Å². The van der Waals surface area contributed by atoms with Crippen molar-refractivity contribution in [2.24, 2.45) is 5.73 Å². The molecule has 0 spiro atoms. The van der Waals surface area contributed by atoms with Crippen LogP contribution in [-0.4, -0.2) is 43.6 Å². The zero-order valence-corrected chi connectivity index (χ0v) is 18.6. The van der Waals surface area contributed by atoms with Gasteiger partial charge in [0.2, 0.25) is 11.7 Å². The zero-order valence-electron chi connectivity index (χ0n) is 18.6. The van der Waals surface area contributed by atoms with Crippen molar-refractivity contribution in [2.75, 3.05) is 11.9 Å². The maximum atomic E-state index is 14.2. The lowest BCUT2D eigenvalue weighted by molar-refractivity contribution is -0.111. The number of carbonyl (C=O) groups excluding carboxylic acids is 1. The number of nitrogens with two attached hydrogens (primary N) is 1. The molecule has 33 heavy (non-hydrogen) atoms. The molecule has 2 bridgehead atoms. The third kappa shape index (κ3) is 3.60. The highest BCUT2D eigenvalue weighted by Gasteiger charge is 2.61. The molecule has 10 heteroatoms. The first-order valence-electron chi connectivity index (χ1n) is 10.8. The molecule has 1 saturated carbocycles. The SMILES string of the molecule is CC(C)Oc1nc2nc(C34COC(C)(C3)C4)cn2cc1NC(=O)/C(=C/N)c1ncccc1F. The molecule has 1 amide bonds. The first-order chi connectivity index (χ1) is 15.7. The number of hydrogen-bond acceptors (Lipinski definition) is 7. The van der Waals surface area contributed by atoms with Crippen LogP contribution in [0.2, 0.25) is 0 Å². The maximum Gasteiger partial charge on any atom is 0.259 e. The molecule has 0 radical (unpaired) electrons. The Balaban J connectivity index is 1.49. The topological polar surface area (TPSA) is 117 Å². The Bertz CT molecular complexity index is 1280. The number of nitrogens with one attached hydrogen (secondary N) is 1. The summed E-state index contributed by atoms with van der Waals surface area (Å²) in [5.41, 5.74) is 6.43. The smallest absolute Gasteiger partial charge is 0.259 e. The zero-order chi connectivity index (χ0) is 23.4. The number of nitrogens with zero attached hydrogens (tertiary/aromatic N) is 4. The number of hydrogen-bond donors (Lipinski definition) is 2. The van der Waals surface area contributed by atoms with E-state index in [0.717, 1.165) is 24.7 Å². The average molecular weight is 452 g/mol. The molecule has 9 nitrogen and oxygen atoms in total. The molecule has 2 saturated heterocycles. The second kappa shape index (κ2) is 7.51. The molecule has 2 aliphatic heterocycles. The first kappa shape index (κ1) is 21.3. The lowest BCUT2D eigenvalue weighted by Crippen LogP contribution is -2.45. The van der Waals surface area contributed by atoms with Crippen molar-refractivity contribution in [3.05, 3.63) is 54.1 Å². The maximum absolute atomic E-state index is 14.2. The van der Waals surface area contributed by atoms with Crippen LogP contribution in [0.25, 0.3) is 11.4 Å². The highest BCUT2D eigenvalue weighted by atomic mass is 19.1. The molecule has 3 aliphatic rings. The van der Waals surface area contributed by atoms with Gasteiger partial charge in [0.1, 0.15) is 17.2 Å². The first-order valence-corrected chi connectivity index (χ1v) is 10.8. The third-order valence-electron chi connectivity index (χ3n) is 6.10. The molecule has 0 aromatic carbocycles. The highest BCUT2D eigenvalue weighted by Crippen LogP contribution is 2.58. The van der Waals surface area contributed by atoms with Crippen LogP contribution in [0.15, 0.2) is 36.9 Å². The van der Waals surface area contributed by atoms with Crippen molar-refractivity contribution >= 4 is 22.9 Å². The van der Waals surface area contributed by atoms with E-state index >= 15 is 0 Å². The van der Waals surface area contributed by atoms with E-state index in [1.807, 2.05) is 20.0 Å². The van der Waals surface area contributed by atoms with Crippen molar-refractivity contribution in [2.45, 2.75) is 50.7 Å². The molecule has 0 atom stereocenters. The minimum Gasteiger partial charge on any atom is -0.473 e. The lowest BCUT2D eigenvalue weighted by atomic mass is 9.62. The van der Waals surface area contributed by atoms with Gasteiger partial charge in [0, 0.05) is 30.2 Å². The fourth-order valence-corrected chi connectivity index (χ4v) is 4.75. The Hall–Kier alpha value is -3.53. The Morgan fingerprint density at radius 1 is 1.36 bits per heavy atom. The molecule has 1 aliphatic carbocycles. The van der Waals surface area contributed by atoms with E-state index in [1.54, 1.807) is 10.6 Å². The summed E-state index contributed by atoms with van der Waals surface area (Å²) in [7, 11) is 0. The van der Waals surface area contributed by atoms with Gasteiger partial charge in [-0.1, -0.05) is 0 Å². The fraction of sp³-hybridized carbons (Fsp3) is 0.391. The van der Waals surface area contributed by atoms with Crippen LogP contribution >= 0.6 is 0 Å². The van der Waals surface area contributed by atoms with Gasteiger partial charge in [-0.15, -0.1) is 0 Å². The van der Waals surface area contributed by atoms with Crippen LogP contribution in [0.5, 0.6) is 5.88 Å².